The summed E-state index contributed by atoms with van der Waals surface area (Å²) in [4.78, 5) is 0. The van der Waals surface area contributed by atoms with Crippen LogP contribution in [0, 0.1) is 6.92 Å². The summed E-state index contributed by atoms with van der Waals surface area (Å²) in [5.41, 5.74) is 1.26. The van der Waals surface area contributed by atoms with Gasteiger partial charge in [-0.1, -0.05) is 17.7 Å². The Morgan fingerprint density at radius 2 is 1.50 bits per heavy atom. The Kier molecular flexibility index (Phi) is 9.06. The Labute approximate surface area is 72.9 Å². The normalized spacial score (nSPS) is 7.33. The first-order valence-corrected chi connectivity index (χ1v) is 3.38. The highest BCUT2D eigenvalue weighted by atomic mass is 16.5. The van der Waals surface area contributed by atoms with Crippen molar-refractivity contribution in [3.63, 3.8) is 0 Å². The number of aliphatic hydroxyl groups is 1. The molecule has 3 heteroatoms. The molecule has 3 N–H and O–H groups in total. The van der Waals surface area contributed by atoms with E-state index in [2.05, 4.69) is 6.92 Å². The van der Waals surface area contributed by atoms with Gasteiger partial charge in [-0.05, 0) is 19.1 Å². The van der Waals surface area contributed by atoms with Gasteiger partial charge in [-0.3, -0.25) is 0 Å². The van der Waals surface area contributed by atoms with Crippen LogP contribution in [0.25, 0.3) is 0 Å². The van der Waals surface area contributed by atoms with Crippen molar-refractivity contribution in [3.05, 3.63) is 29.8 Å². The third kappa shape index (κ3) is 4.71. The van der Waals surface area contributed by atoms with Crippen molar-refractivity contribution < 1.29 is 15.3 Å². The molecule has 3 nitrogen and oxygen atoms in total. The molecule has 0 bridgehead atoms. The number of benzene rings is 1. The molecule has 0 aromatic heterocycles. The summed E-state index contributed by atoms with van der Waals surface area (Å²) in [5, 5.41) is 7.00. The summed E-state index contributed by atoms with van der Waals surface area (Å²) < 4.78 is 4.97. The van der Waals surface area contributed by atoms with Crippen LogP contribution < -0.4 is 4.74 Å². The molecule has 0 atom stereocenters. The van der Waals surface area contributed by atoms with Gasteiger partial charge in [-0.2, -0.15) is 0 Å². The number of aliphatic hydroxyl groups excluding tert-OH is 1. The minimum atomic E-state index is 0. The van der Waals surface area contributed by atoms with Crippen molar-refractivity contribution in [2.75, 3.05) is 14.2 Å². The summed E-state index contributed by atoms with van der Waals surface area (Å²) in [6.07, 6.45) is 0. The third-order valence-corrected chi connectivity index (χ3v) is 1.26. The van der Waals surface area contributed by atoms with Crippen LogP contribution in [-0.2, 0) is 0 Å². The molecule has 0 aliphatic heterocycles. The van der Waals surface area contributed by atoms with Crippen molar-refractivity contribution in [1.29, 1.82) is 0 Å². The van der Waals surface area contributed by atoms with Crippen molar-refractivity contribution in [1.82, 2.24) is 0 Å². The van der Waals surface area contributed by atoms with Gasteiger partial charge in [0.1, 0.15) is 5.75 Å². The predicted octanol–water partition coefficient (Wildman–Crippen LogP) is 0.787. The number of methoxy groups -OCH3 is 1. The first-order chi connectivity index (χ1) is 5.33. The highest BCUT2D eigenvalue weighted by Gasteiger charge is 1.85. The quantitative estimate of drug-likeness (QED) is 0.680. The van der Waals surface area contributed by atoms with E-state index in [1.807, 2.05) is 24.3 Å². The number of hydrogen-bond donors (Lipinski definition) is 1. The van der Waals surface area contributed by atoms with Gasteiger partial charge in [0.05, 0.1) is 7.11 Å². The first-order valence-electron chi connectivity index (χ1n) is 3.38. The lowest BCUT2D eigenvalue weighted by Gasteiger charge is -1.97. The Morgan fingerprint density at radius 1 is 1.08 bits per heavy atom. The van der Waals surface area contributed by atoms with Crippen LogP contribution in [0.15, 0.2) is 24.3 Å². The fourth-order valence-electron chi connectivity index (χ4n) is 0.674. The molecule has 0 aliphatic carbocycles. The van der Waals surface area contributed by atoms with Crippen LogP contribution >= 0.6 is 0 Å². The van der Waals surface area contributed by atoms with Crippen LogP contribution in [0.5, 0.6) is 5.75 Å². The summed E-state index contributed by atoms with van der Waals surface area (Å²) in [6, 6.07) is 7.96. The second-order valence-electron chi connectivity index (χ2n) is 2.02. The van der Waals surface area contributed by atoms with Crippen molar-refractivity contribution >= 4 is 0 Å². The van der Waals surface area contributed by atoms with Gasteiger partial charge < -0.3 is 15.3 Å². The van der Waals surface area contributed by atoms with E-state index >= 15 is 0 Å². The second-order valence-corrected chi connectivity index (χ2v) is 2.02. The average Bonchev–Trinajstić information content (AvgIpc) is 2.10. The van der Waals surface area contributed by atoms with Crippen molar-refractivity contribution in [2.45, 2.75) is 6.92 Å². The zero-order chi connectivity index (χ0) is 8.69. The fraction of sp³-hybridized carbons (Fsp3) is 0.333. The van der Waals surface area contributed by atoms with Crippen LogP contribution in [0.4, 0.5) is 0 Å². The Morgan fingerprint density at radius 3 is 1.83 bits per heavy atom. The maximum atomic E-state index is 7.00. The predicted molar refractivity (Wildman–Crippen MR) is 49.5 cm³/mol. The molecule has 0 amide bonds. The molecule has 0 unspecified atom stereocenters. The molecule has 0 spiro atoms. The third-order valence-electron chi connectivity index (χ3n) is 1.26. The molecule has 0 saturated heterocycles. The van der Waals surface area contributed by atoms with E-state index in [0.717, 1.165) is 12.9 Å². The number of ether oxygens (including phenoxy) is 1. The number of hydrogen-bond acceptors (Lipinski definition) is 2. The minimum absolute atomic E-state index is 0. The molecule has 0 radical (unpaired) electrons. The molecule has 1 rings (SSSR count). The monoisotopic (exact) mass is 172 g/mol. The smallest absolute Gasteiger partial charge is 0.118 e. The standard InChI is InChI=1S/C8H10O.CH4O.H2O/c1-7-3-5-8(9-2)6-4-7;1-2;/h3-6H,1-2H3;2H,1H3;1H2. The first kappa shape index (κ1) is 13.5. The highest BCUT2D eigenvalue weighted by molar-refractivity contribution is 5.25. The van der Waals surface area contributed by atoms with E-state index in [1.165, 1.54) is 5.56 Å². The van der Waals surface area contributed by atoms with E-state index < -0.39 is 0 Å². The van der Waals surface area contributed by atoms with Gasteiger partial charge in [0.15, 0.2) is 0 Å². The zero-order valence-corrected chi connectivity index (χ0v) is 7.66. The molecule has 1 aromatic carbocycles. The Hall–Kier alpha value is -1.06. The zero-order valence-electron chi connectivity index (χ0n) is 7.66. The van der Waals surface area contributed by atoms with Crippen LogP contribution in [-0.4, -0.2) is 24.8 Å². The van der Waals surface area contributed by atoms with E-state index in [0.29, 0.717) is 0 Å². The maximum Gasteiger partial charge on any atom is 0.118 e. The van der Waals surface area contributed by atoms with Gasteiger partial charge >= 0.3 is 0 Å². The van der Waals surface area contributed by atoms with Gasteiger partial charge in [-0.15, -0.1) is 0 Å². The average molecular weight is 172 g/mol. The lowest BCUT2D eigenvalue weighted by atomic mass is 10.2. The molecule has 0 heterocycles. The van der Waals surface area contributed by atoms with E-state index in [9.17, 15) is 0 Å². The summed E-state index contributed by atoms with van der Waals surface area (Å²) in [7, 11) is 2.67. The molecule has 1 aromatic rings. The largest absolute Gasteiger partial charge is 0.497 e. The van der Waals surface area contributed by atoms with E-state index in [-0.39, 0.29) is 5.48 Å². The second kappa shape index (κ2) is 8.04. The van der Waals surface area contributed by atoms with E-state index in [1.54, 1.807) is 7.11 Å². The SMILES string of the molecule is CO.COc1ccc(C)cc1.O. The Balaban J connectivity index is 0. The maximum absolute atomic E-state index is 7.00. The molecule has 0 fully saturated rings. The highest BCUT2D eigenvalue weighted by Crippen LogP contribution is 2.09. The summed E-state index contributed by atoms with van der Waals surface area (Å²) in [5.74, 6) is 0.917. The lowest BCUT2D eigenvalue weighted by molar-refractivity contribution is 0.399. The summed E-state index contributed by atoms with van der Waals surface area (Å²) in [6.45, 7) is 2.06. The van der Waals surface area contributed by atoms with Crippen molar-refractivity contribution in [3.8, 4) is 5.75 Å². The Bertz CT molecular complexity index is 181. The van der Waals surface area contributed by atoms with Crippen LogP contribution in [0.3, 0.4) is 0 Å². The molecule has 0 aliphatic rings. The van der Waals surface area contributed by atoms with Crippen molar-refractivity contribution in [2.24, 2.45) is 0 Å². The lowest BCUT2D eigenvalue weighted by Crippen LogP contribution is -1.80. The molecular weight excluding hydrogens is 156 g/mol. The van der Waals surface area contributed by atoms with Crippen LogP contribution in [0.2, 0.25) is 0 Å². The molecule has 0 saturated carbocycles. The fourth-order valence-corrected chi connectivity index (χ4v) is 0.674. The topological polar surface area (TPSA) is 61.0 Å². The number of aryl methyl sites for hydroxylation is 1. The van der Waals surface area contributed by atoms with Crippen LogP contribution in [0.1, 0.15) is 5.56 Å². The van der Waals surface area contributed by atoms with Gasteiger partial charge in [0.25, 0.3) is 0 Å². The van der Waals surface area contributed by atoms with E-state index in [4.69, 9.17) is 9.84 Å². The van der Waals surface area contributed by atoms with Gasteiger partial charge in [-0.25, -0.2) is 0 Å². The molecular formula is C9H16O3. The number of rotatable bonds is 1. The molecule has 70 valence electrons. The minimum Gasteiger partial charge on any atom is -0.497 e. The summed E-state index contributed by atoms with van der Waals surface area (Å²) >= 11 is 0. The van der Waals surface area contributed by atoms with Gasteiger partial charge in [0, 0.05) is 7.11 Å². The van der Waals surface area contributed by atoms with Gasteiger partial charge in [0.2, 0.25) is 0 Å². The molecule has 12 heavy (non-hydrogen) atoms.